The Morgan fingerprint density at radius 3 is 2.46 bits per heavy atom. The number of benzene rings is 2. The fourth-order valence-corrected chi connectivity index (χ4v) is 3.09. The second-order valence-electron chi connectivity index (χ2n) is 6.45. The van der Waals surface area contributed by atoms with Crippen LogP contribution < -0.4 is 15.8 Å². The number of nitrogens with zero attached hydrogens (tertiary/aromatic N) is 3. The van der Waals surface area contributed by atoms with E-state index in [0.29, 0.717) is 24.7 Å². The van der Waals surface area contributed by atoms with Gasteiger partial charge in [-0.25, -0.2) is 13.6 Å². The minimum atomic E-state index is -3.67. The molecule has 3 aromatic rings. The first-order valence-electron chi connectivity index (χ1n) is 8.71. The predicted octanol–water partition coefficient (Wildman–Crippen LogP) is 2.53. The van der Waals surface area contributed by atoms with Crippen LogP contribution in [0.5, 0.6) is 0 Å². The van der Waals surface area contributed by atoms with Crippen LogP contribution in [0.1, 0.15) is 16.7 Å². The summed E-state index contributed by atoms with van der Waals surface area (Å²) in [5, 5.41) is 19.4. The largest absolute Gasteiger partial charge is 0.368 e. The molecule has 0 fully saturated rings. The monoisotopic (exact) mass is 398 g/mol. The van der Waals surface area contributed by atoms with Crippen molar-refractivity contribution in [3.63, 3.8) is 0 Å². The molecule has 0 saturated heterocycles. The van der Waals surface area contributed by atoms with Crippen LogP contribution in [0, 0.1) is 13.8 Å². The molecule has 0 radical (unpaired) electrons. The molecule has 1 aromatic heterocycles. The van der Waals surface area contributed by atoms with Crippen molar-refractivity contribution >= 4 is 27.5 Å². The zero-order valence-electron chi connectivity index (χ0n) is 15.7. The third-order valence-corrected chi connectivity index (χ3v) is 5.22. The summed E-state index contributed by atoms with van der Waals surface area (Å²) >= 11 is 0. The molecule has 4 N–H and O–H groups in total. The van der Waals surface area contributed by atoms with Crippen LogP contribution in [0.25, 0.3) is 0 Å². The van der Waals surface area contributed by atoms with Crippen LogP contribution in [-0.2, 0) is 16.4 Å². The van der Waals surface area contributed by atoms with Crippen molar-refractivity contribution < 1.29 is 8.42 Å². The van der Waals surface area contributed by atoms with Gasteiger partial charge in [0.05, 0.1) is 11.1 Å². The van der Waals surface area contributed by atoms with Gasteiger partial charge in [0.25, 0.3) is 0 Å². The van der Waals surface area contributed by atoms with E-state index in [9.17, 15) is 8.42 Å². The highest BCUT2D eigenvalue weighted by Crippen LogP contribution is 2.17. The molecule has 3 rings (SSSR count). The molecule has 28 heavy (non-hydrogen) atoms. The molecular weight excluding hydrogens is 376 g/mol. The van der Waals surface area contributed by atoms with Gasteiger partial charge in [0.2, 0.25) is 16.0 Å². The van der Waals surface area contributed by atoms with E-state index in [0.717, 1.165) is 11.3 Å². The predicted molar refractivity (Wildman–Crippen MR) is 109 cm³/mol. The fourth-order valence-electron chi connectivity index (χ4n) is 2.57. The Labute approximate surface area is 164 Å². The Morgan fingerprint density at radius 1 is 1.04 bits per heavy atom. The lowest BCUT2D eigenvalue weighted by molar-refractivity contribution is 0.598. The summed E-state index contributed by atoms with van der Waals surface area (Å²) in [5.41, 5.74) is 4.28. The Hall–Kier alpha value is -3.04. The van der Waals surface area contributed by atoms with E-state index in [1.54, 1.807) is 18.3 Å². The van der Waals surface area contributed by atoms with Crippen molar-refractivity contribution in [3.8, 4) is 0 Å². The minimum Gasteiger partial charge on any atom is -0.368 e. The van der Waals surface area contributed by atoms with E-state index in [1.165, 1.54) is 23.3 Å². The average Bonchev–Trinajstić information content (AvgIpc) is 2.65. The molecule has 146 valence electrons. The lowest BCUT2D eigenvalue weighted by atomic mass is 10.1. The second-order valence-corrected chi connectivity index (χ2v) is 8.02. The van der Waals surface area contributed by atoms with Crippen LogP contribution in [0.15, 0.2) is 53.6 Å². The van der Waals surface area contributed by atoms with E-state index in [-0.39, 0.29) is 4.90 Å². The Balaban J connectivity index is 1.58. The number of aryl methyl sites for hydroxylation is 2. The standard InChI is InChI=1S/C19H22N6O2S/c1-13-3-6-16(11-14(13)2)23-19-24-18(12-22-25-19)21-10-9-15-4-7-17(8-5-15)28(20,26)27/h3-8,11-12H,9-10H2,1-2H3,(H2,20,26,27)(H2,21,23,24,25). The normalized spacial score (nSPS) is 11.2. The van der Waals surface area contributed by atoms with Crippen molar-refractivity contribution in [2.75, 3.05) is 17.2 Å². The smallest absolute Gasteiger partial charge is 0.249 e. The number of aromatic nitrogens is 3. The van der Waals surface area contributed by atoms with E-state index in [4.69, 9.17) is 5.14 Å². The molecule has 2 aromatic carbocycles. The molecule has 0 saturated carbocycles. The van der Waals surface area contributed by atoms with Gasteiger partial charge in [-0.2, -0.15) is 10.1 Å². The summed E-state index contributed by atoms with van der Waals surface area (Å²) < 4.78 is 22.6. The van der Waals surface area contributed by atoms with Gasteiger partial charge in [0.1, 0.15) is 0 Å². The third kappa shape index (κ3) is 5.24. The SMILES string of the molecule is Cc1ccc(Nc2nncc(NCCc3ccc(S(N)(=O)=O)cc3)n2)cc1C. The quantitative estimate of drug-likeness (QED) is 0.559. The van der Waals surface area contributed by atoms with Gasteiger partial charge in [-0.15, -0.1) is 5.10 Å². The second kappa shape index (κ2) is 8.32. The molecule has 8 nitrogen and oxygen atoms in total. The molecule has 0 spiro atoms. The van der Waals surface area contributed by atoms with Gasteiger partial charge in [0.15, 0.2) is 5.82 Å². The Kier molecular flexibility index (Phi) is 5.86. The third-order valence-electron chi connectivity index (χ3n) is 4.29. The summed E-state index contributed by atoms with van der Waals surface area (Å²) in [6.45, 7) is 4.72. The van der Waals surface area contributed by atoms with Crippen LogP contribution in [0.4, 0.5) is 17.5 Å². The first kappa shape index (κ1) is 19.7. The molecule has 9 heteroatoms. The van der Waals surface area contributed by atoms with E-state index >= 15 is 0 Å². The number of anilines is 3. The maximum Gasteiger partial charge on any atom is 0.249 e. The van der Waals surface area contributed by atoms with Crippen molar-refractivity contribution in [3.05, 3.63) is 65.4 Å². The molecule has 0 aliphatic rings. The van der Waals surface area contributed by atoms with Gasteiger partial charge >= 0.3 is 0 Å². The van der Waals surface area contributed by atoms with Gasteiger partial charge < -0.3 is 10.6 Å². The first-order chi connectivity index (χ1) is 13.3. The number of sulfonamides is 1. The number of primary sulfonamides is 1. The molecule has 0 amide bonds. The van der Waals surface area contributed by atoms with E-state index < -0.39 is 10.0 Å². The summed E-state index contributed by atoms with van der Waals surface area (Å²) in [6, 6.07) is 12.5. The van der Waals surface area contributed by atoms with Crippen molar-refractivity contribution in [2.45, 2.75) is 25.2 Å². The molecule has 1 heterocycles. The van der Waals surface area contributed by atoms with Crippen LogP contribution in [0.2, 0.25) is 0 Å². The fraction of sp³-hybridized carbons (Fsp3) is 0.211. The highest BCUT2D eigenvalue weighted by molar-refractivity contribution is 7.89. The number of nitrogens with two attached hydrogens (primary N) is 1. The summed E-state index contributed by atoms with van der Waals surface area (Å²) in [7, 11) is -3.67. The highest BCUT2D eigenvalue weighted by atomic mass is 32.2. The van der Waals surface area contributed by atoms with Crippen LogP contribution >= 0.6 is 0 Å². The molecule has 0 unspecified atom stereocenters. The topological polar surface area (TPSA) is 123 Å². The van der Waals surface area contributed by atoms with Crippen LogP contribution in [0.3, 0.4) is 0 Å². The molecule has 0 aliphatic heterocycles. The first-order valence-corrected chi connectivity index (χ1v) is 10.3. The molecule has 0 bridgehead atoms. The van der Waals surface area contributed by atoms with E-state index in [2.05, 4.69) is 32.7 Å². The van der Waals surface area contributed by atoms with Crippen molar-refractivity contribution in [1.82, 2.24) is 15.2 Å². The zero-order chi connectivity index (χ0) is 20.1. The Bertz CT molecular complexity index is 1070. The number of rotatable bonds is 7. The molecule has 0 atom stereocenters. The summed E-state index contributed by atoms with van der Waals surface area (Å²) in [4.78, 5) is 4.51. The lowest BCUT2D eigenvalue weighted by Gasteiger charge is -2.09. The molecular formula is C19H22N6O2S. The van der Waals surface area contributed by atoms with E-state index in [1.807, 2.05) is 25.1 Å². The number of hydrogen-bond donors (Lipinski definition) is 3. The number of nitrogens with one attached hydrogen (secondary N) is 2. The number of hydrogen-bond acceptors (Lipinski definition) is 7. The summed E-state index contributed by atoms with van der Waals surface area (Å²) in [5.74, 6) is 1.01. The maximum atomic E-state index is 11.3. The van der Waals surface area contributed by atoms with Crippen LogP contribution in [-0.4, -0.2) is 30.1 Å². The zero-order valence-corrected chi connectivity index (χ0v) is 16.5. The Morgan fingerprint density at radius 2 is 1.79 bits per heavy atom. The van der Waals surface area contributed by atoms with Gasteiger partial charge in [-0.1, -0.05) is 18.2 Å². The van der Waals surface area contributed by atoms with Gasteiger partial charge in [-0.05, 0) is 61.2 Å². The lowest BCUT2D eigenvalue weighted by Crippen LogP contribution is -2.12. The summed E-state index contributed by atoms with van der Waals surface area (Å²) in [6.07, 6.45) is 2.24. The van der Waals surface area contributed by atoms with Gasteiger partial charge in [-0.3, -0.25) is 0 Å². The van der Waals surface area contributed by atoms with Gasteiger partial charge in [0, 0.05) is 12.2 Å². The highest BCUT2D eigenvalue weighted by Gasteiger charge is 2.07. The minimum absolute atomic E-state index is 0.103. The molecule has 0 aliphatic carbocycles. The maximum absolute atomic E-state index is 11.3. The van der Waals surface area contributed by atoms with Crippen molar-refractivity contribution in [1.29, 1.82) is 0 Å². The average molecular weight is 398 g/mol. The van der Waals surface area contributed by atoms with Crippen molar-refractivity contribution in [2.24, 2.45) is 5.14 Å².